The molecule has 1 aliphatic heterocycles. The zero-order valence-corrected chi connectivity index (χ0v) is 24.1. The Morgan fingerprint density at radius 1 is 0.622 bits per heavy atom. The van der Waals surface area contributed by atoms with Gasteiger partial charge in [0.15, 0.2) is 34.2 Å². The fourth-order valence-electron chi connectivity index (χ4n) is 4.55. The van der Waals surface area contributed by atoms with Crippen LogP contribution in [0.1, 0.15) is 65.1 Å². The molecule has 0 aromatic carbocycles. The number of nitrogens with one attached hydrogen (secondary N) is 3. The van der Waals surface area contributed by atoms with Gasteiger partial charge in [0.05, 0.1) is 0 Å². The van der Waals surface area contributed by atoms with E-state index in [-0.39, 0.29) is 75.4 Å². The molecule has 17 heteroatoms. The highest BCUT2D eigenvalue weighted by molar-refractivity contribution is 5.93. The van der Waals surface area contributed by atoms with Crippen molar-refractivity contribution < 1.29 is 36.1 Å². The highest BCUT2D eigenvalue weighted by Crippen LogP contribution is 2.30. The van der Waals surface area contributed by atoms with Gasteiger partial charge in [-0.3, -0.25) is 9.59 Å². The molecule has 17 nitrogen and oxygen atoms in total. The summed E-state index contributed by atoms with van der Waals surface area (Å²) in [7, 11) is 1.78. The monoisotopic (exact) mass is 615 g/mol. The molecule has 12 bridgehead atoms. The summed E-state index contributed by atoms with van der Waals surface area (Å²) in [6, 6.07) is -1.27. The number of carbonyl (C=O) groups is 2. The maximum absolute atomic E-state index is 13.2. The van der Waals surface area contributed by atoms with Gasteiger partial charge in [0.25, 0.3) is 11.8 Å². The number of rotatable bonds is 4. The van der Waals surface area contributed by atoms with E-state index in [2.05, 4.69) is 45.9 Å². The molecule has 3 N–H and O–H groups in total. The molecular weight excluding hydrogens is 590 g/mol. The van der Waals surface area contributed by atoms with Crippen molar-refractivity contribution in [1.29, 1.82) is 0 Å². The summed E-state index contributed by atoms with van der Waals surface area (Å²) in [5.41, 5.74) is 1.03. The zero-order chi connectivity index (χ0) is 31.1. The zero-order valence-electron chi connectivity index (χ0n) is 24.1. The molecule has 0 spiro atoms. The smallest absolute Gasteiger partial charge is 0.273 e. The topological polar surface area (TPSA) is 226 Å². The van der Waals surface area contributed by atoms with Crippen molar-refractivity contribution in [3.63, 3.8) is 0 Å². The first-order valence-corrected chi connectivity index (χ1v) is 13.9. The van der Waals surface area contributed by atoms with Crippen LogP contribution in [0.25, 0.3) is 46.3 Å². The van der Waals surface area contributed by atoms with E-state index in [1.54, 1.807) is 7.05 Å². The van der Waals surface area contributed by atoms with E-state index < -0.39 is 23.9 Å². The minimum Gasteiger partial charge on any atom is -0.446 e. The van der Waals surface area contributed by atoms with Gasteiger partial charge in [-0.2, -0.15) is 0 Å². The first-order chi connectivity index (χ1) is 21.9. The van der Waals surface area contributed by atoms with Gasteiger partial charge in [-0.15, -0.1) is 0 Å². The fourth-order valence-corrected chi connectivity index (χ4v) is 4.55. The number of carbonyl (C=O) groups excluding carboxylic acids is 2. The van der Waals surface area contributed by atoms with Gasteiger partial charge in [-0.05, 0) is 25.9 Å². The molecule has 0 aliphatic carbocycles. The highest BCUT2D eigenvalue weighted by Gasteiger charge is 2.29. The van der Waals surface area contributed by atoms with E-state index in [1.165, 1.54) is 37.6 Å². The Morgan fingerprint density at radius 2 is 1.04 bits per heavy atom. The largest absolute Gasteiger partial charge is 0.446 e. The molecule has 0 unspecified atom stereocenters. The second-order valence-corrected chi connectivity index (χ2v) is 10.4. The van der Waals surface area contributed by atoms with Crippen LogP contribution in [0.2, 0.25) is 0 Å². The standard InChI is InChI=1S/C28H25N9O8/c1-12(2)20-28-36-19(11-45-28)27-35-16(10-44-27)24-31-14(6-40-24)21(38)30-13(4-5-29-3)23-33-18(8-42-23)26-34-17(9-43-26)25-32-15(7-41-25)22(39)37-20/h6-13,20,29H,4-5H2,1-3H3,(H,30,38)(H,37,39)/t13-,20-/m0/s1. The third kappa shape index (κ3) is 5.40. The van der Waals surface area contributed by atoms with Gasteiger partial charge in [0, 0.05) is 0 Å². The normalized spacial score (nSPS) is 16.8. The molecule has 1 aliphatic rings. The molecule has 2 amide bonds. The summed E-state index contributed by atoms with van der Waals surface area (Å²) in [6.07, 6.45) is 8.22. The van der Waals surface area contributed by atoms with Gasteiger partial charge in [0.1, 0.15) is 49.7 Å². The number of nitrogens with zero attached hydrogens (tertiary/aromatic N) is 6. The quantitative estimate of drug-likeness (QED) is 0.256. The molecular formula is C28H25N9O8. The van der Waals surface area contributed by atoms with E-state index >= 15 is 0 Å². The number of hydrogen-bond donors (Lipinski definition) is 3. The van der Waals surface area contributed by atoms with E-state index in [1.807, 2.05) is 13.8 Å². The SMILES string of the molecule is CNCC[C@@H]1NC(=O)c2coc(n2)-c2coc(n2)-c2coc(n2)[C@H](C(C)C)NC(=O)c2coc(n2)-c2coc(n2)-c2coc1n2. The van der Waals surface area contributed by atoms with Gasteiger partial charge >= 0.3 is 0 Å². The second kappa shape index (κ2) is 11.3. The third-order valence-corrected chi connectivity index (χ3v) is 6.91. The van der Waals surface area contributed by atoms with Crippen molar-refractivity contribution in [2.75, 3.05) is 13.6 Å². The summed E-state index contributed by atoms with van der Waals surface area (Å²) in [5, 5.41) is 8.80. The van der Waals surface area contributed by atoms with Crippen molar-refractivity contribution >= 4 is 11.8 Å². The fraction of sp³-hybridized carbons (Fsp3) is 0.286. The molecule has 0 radical (unpaired) electrons. The lowest BCUT2D eigenvalue weighted by Gasteiger charge is -2.18. The highest BCUT2D eigenvalue weighted by atomic mass is 16.4. The van der Waals surface area contributed by atoms with Gasteiger partial charge in [0.2, 0.25) is 35.3 Å². The Labute approximate surface area is 252 Å². The van der Waals surface area contributed by atoms with Crippen LogP contribution in [0, 0.1) is 5.92 Å². The summed E-state index contributed by atoms with van der Waals surface area (Å²) in [5.74, 6) is -0.378. The van der Waals surface area contributed by atoms with Gasteiger partial charge in [-0.1, -0.05) is 13.8 Å². The first-order valence-electron chi connectivity index (χ1n) is 13.9. The van der Waals surface area contributed by atoms with Crippen LogP contribution in [0.5, 0.6) is 0 Å². The molecule has 7 heterocycles. The van der Waals surface area contributed by atoms with Gasteiger partial charge in [-0.25, -0.2) is 29.9 Å². The Hall–Kier alpha value is -5.84. The summed E-state index contributed by atoms with van der Waals surface area (Å²) >= 11 is 0. The van der Waals surface area contributed by atoms with E-state index in [0.717, 1.165) is 0 Å². The Morgan fingerprint density at radius 3 is 1.58 bits per heavy atom. The summed E-state index contributed by atoms with van der Waals surface area (Å²) < 4.78 is 33.7. The van der Waals surface area contributed by atoms with Crippen LogP contribution in [-0.2, 0) is 0 Å². The Balaban J connectivity index is 1.27. The molecule has 0 saturated heterocycles. The second-order valence-electron chi connectivity index (χ2n) is 10.4. The predicted octanol–water partition coefficient (Wildman–Crippen LogP) is 3.80. The Kier molecular flexibility index (Phi) is 7.05. The third-order valence-electron chi connectivity index (χ3n) is 6.91. The average Bonchev–Trinajstić information content (AvgIpc) is 3.88. The number of hydrogen-bond acceptors (Lipinski definition) is 15. The maximum Gasteiger partial charge on any atom is 0.273 e. The molecule has 7 rings (SSSR count). The van der Waals surface area contributed by atoms with Crippen LogP contribution >= 0.6 is 0 Å². The molecule has 2 atom stereocenters. The lowest BCUT2D eigenvalue weighted by Crippen LogP contribution is -2.32. The first kappa shape index (κ1) is 28.0. The summed E-state index contributed by atoms with van der Waals surface area (Å²) in [4.78, 5) is 52.7. The lowest BCUT2D eigenvalue weighted by atomic mass is 10.0. The number of oxazole rings is 6. The van der Waals surface area contributed by atoms with E-state index in [9.17, 15) is 9.59 Å². The molecule has 230 valence electrons. The number of fused-ring (bicyclic) bond motifs is 16. The molecule has 6 aromatic heterocycles. The van der Waals surface area contributed by atoms with Crippen molar-refractivity contribution in [3.8, 4) is 46.3 Å². The van der Waals surface area contributed by atoms with Crippen molar-refractivity contribution in [2.24, 2.45) is 5.92 Å². The molecule has 45 heavy (non-hydrogen) atoms. The van der Waals surface area contributed by atoms with Crippen molar-refractivity contribution in [1.82, 2.24) is 45.9 Å². The minimum atomic E-state index is -0.638. The van der Waals surface area contributed by atoms with Crippen LogP contribution in [0.15, 0.2) is 64.1 Å². The summed E-state index contributed by atoms with van der Waals surface area (Å²) in [6.45, 7) is 4.33. The lowest BCUT2D eigenvalue weighted by molar-refractivity contribution is 0.0907. The molecule has 6 aromatic rings. The van der Waals surface area contributed by atoms with E-state index in [0.29, 0.717) is 13.0 Å². The van der Waals surface area contributed by atoms with Crippen LogP contribution in [0.3, 0.4) is 0 Å². The average molecular weight is 616 g/mol. The predicted molar refractivity (Wildman–Crippen MR) is 149 cm³/mol. The molecule has 0 fully saturated rings. The molecule has 0 saturated carbocycles. The van der Waals surface area contributed by atoms with Gasteiger partial charge < -0.3 is 42.5 Å². The Bertz CT molecular complexity index is 1970. The number of aromatic nitrogens is 6. The van der Waals surface area contributed by atoms with Crippen molar-refractivity contribution in [3.05, 3.63) is 60.7 Å². The minimum absolute atomic E-state index is 0.00661. The van der Waals surface area contributed by atoms with Crippen molar-refractivity contribution in [2.45, 2.75) is 32.4 Å². The van der Waals surface area contributed by atoms with E-state index in [4.69, 9.17) is 26.5 Å². The van der Waals surface area contributed by atoms with Crippen LogP contribution in [-0.4, -0.2) is 55.3 Å². The number of amides is 2. The van der Waals surface area contributed by atoms with Crippen LogP contribution < -0.4 is 16.0 Å². The van der Waals surface area contributed by atoms with Crippen LogP contribution in [0.4, 0.5) is 0 Å². The maximum atomic E-state index is 13.2.